The molecule has 0 saturated heterocycles. The Morgan fingerprint density at radius 3 is 2.91 bits per heavy atom. The van der Waals surface area contributed by atoms with E-state index in [4.69, 9.17) is 9.47 Å². The smallest absolute Gasteiger partial charge is 0.270 e. The van der Waals surface area contributed by atoms with Crippen LogP contribution in [0.2, 0.25) is 0 Å². The fraction of sp³-hybridized carbons (Fsp3) is 0.375. The number of hydrogen-bond donors (Lipinski definition) is 1. The number of carbonyl (C=O) groups excluding carboxylic acids is 1. The lowest BCUT2D eigenvalue weighted by Gasteiger charge is -2.09. The third kappa shape index (κ3) is 3.22. The molecule has 1 amide bonds. The second-order valence-electron chi connectivity index (χ2n) is 5.08. The topological polar surface area (TPSA) is 60.5 Å². The molecule has 1 N–H and O–H groups in total. The summed E-state index contributed by atoms with van der Waals surface area (Å²) in [6.07, 6.45) is 2.14. The van der Waals surface area contributed by atoms with Gasteiger partial charge in [-0.3, -0.25) is 4.79 Å². The Kier molecular flexibility index (Phi) is 4.29. The van der Waals surface area contributed by atoms with Gasteiger partial charge in [0.05, 0.1) is 13.7 Å². The van der Waals surface area contributed by atoms with Crippen LogP contribution in [-0.4, -0.2) is 30.6 Å². The number of nitrogens with zero attached hydrogens (tertiary/aromatic N) is 1. The van der Waals surface area contributed by atoms with Crippen molar-refractivity contribution in [1.82, 2.24) is 10.3 Å². The molecule has 6 heteroatoms. The summed E-state index contributed by atoms with van der Waals surface area (Å²) < 4.78 is 10.9. The number of thiazole rings is 1. The quantitative estimate of drug-likeness (QED) is 0.889. The normalized spacial score (nSPS) is 13.7. The second-order valence-corrected chi connectivity index (χ2v) is 5.94. The number of carbonyl (C=O) groups is 1. The van der Waals surface area contributed by atoms with Crippen LogP contribution in [0.4, 0.5) is 0 Å². The summed E-state index contributed by atoms with van der Waals surface area (Å²) in [4.78, 5) is 16.4. The Morgan fingerprint density at radius 2 is 2.23 bits per heavy atom. The third-order valence-corrected chi connectivity index (χ3v) is 4.25. The van der Waals surface area contributed by atoms with Gasteiger partial charge in [0.25, 0.3) is 5.91 Å². The SMILES string of the molecule is CCOc1ccc(-c2nc(C(=O)NC3CC3)cs2)cc1OC. The number of rotatable bonds is 6. The highest BCUT2D eigenvalue weighted by Gasteiger charge is 2.25. The first-order valence-electron chi connectivity index (χ1n) is 7.29. The molecule has 1 aromatic heterocycles. The van der Waals surface area contributed by atoms with Crippen LogP contribution in [0.25, 0.3) is 10.6 Å². The van der Waals surface area contributed by atoms with Gasteiger partial charge in [-0.1, -0.05) is 0 Å². The summed E-state index contributed by atoms with van der Waals surface area (Å²) >= 11 is 1.45. The fourth-order valence-corrected chi connectivity index (χ4v) is 2.87. The van der Waals surface area contributed by atoms with Crippen molar-refractivity contribution in [2.24, 2.45) is 0 Å². The predicted molar refractivity (Wildman–Crippen MR) is 85.8 cm³/mol. The van der Waals surface area contributed by atoms with Gasteiger partial charge in [-0.25, -0.2) is 4.98 Å². The van der Waals surface area contributed by atoms with Crippen LogP contribution < -0.4 is 14.8 Å². The van der Waals surface area contributed by atoms with Crippen molar-refractivity contribution in [1.29, 1.82) is 0 Å². The van der Waals surface area contributed by atoms with Gasteiger partial charge < -0.3 is 14.8 Å². The minimum absolute atomic E-state index is 0.0945. The van der Waals surface area contributed by atoms with Crippen LogP contribution in [0.15, 0.2) is 23.6 Å². The van der Waals surface area contributed by atoms with E-state index in [0.717, 1.165) is 23.4 Å². The van der Waals surface area contributed by atoms with Crippen LogP contribution in [0.1, 0.15) is 30.3 Å². The molecule has 116 valence electrons. The lowest BCUT2D eigenvalue weighted by molar-refractivity contribution is 0.0947. The third-order valence-electron chi connectivity index (χ3n) is 3.36. The van der Waals surface area contributed by atoms with Gasteiger partial charge >= 0.3 is 0 Å². The van der Waals surface area contributed by atoms with Crippen LogP contribution in [0.3, 0.4) is 0 Å². The first kappa shape index (κ1) is 14.8. The number of methoxy groups -OCH3 is 1. The van der Waals surface area contributed by atoms with E-state index in [1.807, 2.05) is 25.1 Å². The van der Waals surface area contributed by atoms with E-state index in [1.54, 1.807) is 12.5 Å². The van der Waals surface area contributed by atoms with E-state index in [0.29, 0.717) is 29.8 Å². The van der Waals surface area contributed by atoms with Crippen LogP contribution in [0.5, 0.6) is 11.5 Å². The minimum atomic E-state index is -0.0945. The van der Waals surface area contributed by atoms with Crippen molar-refractivity contribution in [3.8, 4) is 22.1 Å². The molecule has 22 heavy (non-hydrogen) atoms. The lowest BCUT2D eigenvalue weighted by Crippen LogP contribution is -2.25. The van der Waals surface area contributed by atoms with E-state index in [2.05, 4.69) is 10.3 Å². The van der Waals surface area contributed by atoms with Crippen molar-refractivity contribution in [3.63, 3.8) is 0 Å². The molecule has 1 aromatic carbocycles. The van der Waals surface area contributed by atoms with E-state index in [9.17, 15) is 4.79 Å². The summed E-state index contributed by atoms with van der Waals surface area (Å²) in [5.74, 6) is 1.28. The van der Waals surface area contributed by atoms with Gasteiger partial charge in [0, 0.05) is 17.0 Å². The summed E-state index contributed by atoms with van der Waals surface area (Å²) in [6.45, 7) is 2.51. The van der Waals surface area contributed by atoms with Crippen molar-refractivity contribution in [2.45, 2.75) is 25.8 Å². The Labute approximate surface area is 133 Å². The average molecular weight is 318 g/mol. The average Bonchev–Trinajstić information content (AvgIpc) is 3.20. The van der Waals surface area contributed by atoms with Gasteiger partial charge in [-0.05, 0) is 38.0 Å². The molecule has 1 aliphatic rings. The van der Waals surface area contributed by atoms with Crippen LogP contribution >= 0.6 is 11.3 Å². The molecule has 1 fully saturated rings. The predicted octanol–water partition coefficient (Wildman–Crippen LogP) is 3.11. The molecular weight excluding hydrogens is 300 g/mol. The Morgan fingerprint density at radius 1 is 1.41 bits per heavy atom. The Bertz CT molecular complexity index is 680. The van der Waals surface area contributed by atoms with Crippen molar-refractivity contribution in [2.75, 3.05) is 13.7 Å². The molecule has 1 aliphatic carbocycles. The number of aromatic nitrogens is 1. The maximum Gasteiger partial charge on any atom is 0.270 e. The molecule has 1 heterocycles. The molecule has 5 nitrogen and oxygen atoms in total. The molecule has 0 aliphatic heterocycles. The molecule has 0 unspecified atom stereocenters. The molecule has 0 radical (unpaired) electrons. The van der Waals surface area contributed by atoms with E-state index >= 15 is 0 Å². The monoisotopic (exact) mass is 318 g/mol. The number of nitrogens with one attached hydrogen (secondary N) is 1. The molecular formula is C16H18N2O3S. The highest BCUT2D eigenvalue weighted by Crippen LogP contribution is 2.33. The molecule has 2 aromatic rings. The maximum atomic E-state index is 12.0. The second kappa shape index (κ2) is 6.36. The van der Waals surface area contributed by atoms with Gasteiger partial charge in [-0.15, -0.1) is 11.3 Å². The van der Waals surface area contributed by atoms with Crippen LogP contribution in [-0.2, 0) is 0 Å². The highest BCUT2D eigenvalue weighted by atomic mass is 32.1. The zero-order chi connectivity index (χ0) is 15.5. The number of amides is 1. The summed E-state index contributed by atoms with van der Waals surface area (Å²) in [5.41, 5.74) is 1.38. The van der Waals surface area contributed by atoms with E-state index in [-0.39, 0.29) is 5.91 Å². The summed E-state index contributed by atoms with van der Waals surface area (Å²) in [6, 6.07) is 6.01. The first-order chi connectivity index (χ1) is 10.7. The molecule has 0 atom stereocenters. The number of hydrogen-bond acceptors (Lipinski definition) is 5. The first-order valence-corrected chi connectivity index (χ1v) is 8.16. The summed E-state index contributed by atoms with van der Waals surface area (Å²) in [7, 11) is 1.61. The van der Waals surface area contributed by atoms with Crippen molar-refractivity contribution in [3.05, 3.63) is 29.3 Å². The van der Waals surface area contributed by atoms with Crippen LogP contribution in [0, 0.1) is 0 Å². The summed E-state index contributed by atoms with van der Waals surface area (Å²) in [5, 5.41) is 5.53. The van der Waals surface area contributed by atoms with Gasteiger partial charge in [0.15, 0.2) is 11.5 Å². The van der Waals surface area contributed by atoms with Gasteiger partial charge in [0.1, 0.15) is 10.7 Å². The van der Waals surface area contributed by atoms with E-state index < -0.39 is 0 Å². The lowest BCUT2D eigenvalue weighted by atomic mass is 10.2. The molecule has 0 bridgehead atoms. The number of ether oxygens (including phenoxy) is 2. The standard InChI is InChI=1S/C16H18N2O3S/c1-3-21-13-7-4-10(8-14(13)20-2)16-18-12(9-22-16)15(19)17-11-5-6-11/h4,7-9,11H,3,5-6H2,1-2H3,(H,17,19). The largest absolute Gasteiger partial charge is 0.493 e. The van der Waals surface area contributed by atoms with Crippen molar-refractivity contribution >= 4 is 17.2 Å². The molecule has 0 spiro atoms. The number of benzene rings is 1. The zero-order valence-corrected chi connectivity index (χ0v) is 13.4. The molecule has 1 saturated carbocycles. The van der Waals surface area contributed by atoms with Gasteiger partial charge in [-0.2, -0.15) is 0 Å². The van der Waals surface area contributed by atoms with E-state index in [1.165, 1.54) is 11.3 Å². The highest BCUT2D eigenvalue weighted by molar-refractivity contribution is 7.13. The van der Waals surface area contributed by atoms with Crippen molar-refractivity contribution < 1.29 is 14.3 Å². The Hall–Kier alpha value is -2.08. The molecule has 3 rings (SSSR count). The maximum absolute atomic E-state index is 12.0. The zero-order valence-electron chi connectivity index (χ0n) is 12.6. The minimum Gasteiger partial charge on any atom is -0.493 e. The van der Waals surface area contributed by atoms with Gasteiger partial charge in [0.2, 0.25) is 0 Å². The Balaban J connectivity index is 1.81. The fourth-order valence-electron chi connectivity index (χ4n) is 2.07.